The summed E-state index contributed by atoms with van der Waals surface area (Å²) in [5, 5.41) is 11.6. The summed E-state index contributed by atoms with van der Waals surface area (Å²) in [7, 11) is 0. The maximum absolute atomic E-state index is 12.6. The number of anilines is 1. The van der Waals surface area contributed by atoms with Crippen molar-refractivity contribution in [2.75, 3.05) is 31.1 Å². The predicted octanol–water partition coefficient (Wildman–Crippen LogP) is 3.52. The molecule has 0 saturated carbocycles. The lowest BCUT2D eigenvalue weighted by molar-refractivity contribution is -0.384. The van der Waals surface area contributed by atoms with Crippen LogP contribution in [0.3, 0.4) is 0 Å². The minimum absolute atomic E-state index is 0.00560. The molecule has 1 aliphatic rings. The summed E-state index contributed by atoms with van der Waals surface area (Å²) >= 11 is 5.87. The number of benzene rings is 2. The first kappa shape index (κ1) is 17.2. The number of hydrogen-bond acceptors (Lipinski definition) is 4. The van der Waals surface area contributed by atoms with Crippen molar-refractivity contribution >= 4 is 28.9 Å². The summed E-state index contributed by atoms with van der Waals surface area (Å²) in [5.41, 5.74) is 2.25. The fourth-order valence-corrected chi connectivity index (χ4v) is 3.19. The van der Waals surface area contributed by atoms with E-state index in [0.717, 1.165) is 5.56 Å². The highest BCUT2D eigenvalue weighted by Crippen LogP contribution is 2.31. The Hall–Kier alpha value is -2.60. The van der Waals surface area contributed by atoms with Gasteiger partial charge >= 0.3 is 0 Å². The number of nitro benzene ring substituents is 1. The van der Waals surface area contributed by atoms with E-state index in [1.165, 1.54) is 6.07 Å². The minimum atomic E-state index is -0.425. The van der Waals surface area contributed by atoms with Crippen LogP contribution in [-0.2, 0) is 0 Å². The van der Waals surface area contributed by atoms with E-state index in [1.807, 2.05) is 36.1 Å². The Labute approximate surface area is 150 Å². The highest BCUT2D eigenvalue weighted by atomic mass is 35.5. The van der Waals surface area contributed by atoms with Gasteiger partial charge in [-0.2, -0.15) is 0 Å². The Kier molecular flexibility index (Phi) is 4.90. The molecule has 7 heteroatoms. The van der Waals surface area contributed by atoms with E-state index in [0.29, 0.717) is 42.5 Å². The second-order valence-electron chi connectivity index (χ2n) is 6.04. The summed E-state index contributed by atoms with van der Waals surface area (Å²) in [5.74, 6) is -0.00560. The van der Waals surface area contributed by atoms with Gasteiger partial charge in [-0.25, -0.2) is 0 Å². The first-order valence-electron chi connectivity index (χ1n) is 8.00. The Morgan fingerprint density at radius 3 is 2.48 bits per heavy atom. The normalized spacial score (nSPS) is 14.5. The average molecular weight is 360 g/mol. The van der Waals surface area contributed by atoms with Gasteiger partial charge in [-0.3, -0.25) is 14.9 Å². The zero-order valence-corrected chi connectivity index (χ0v) is 14.6. The number of carbonyl (C=O) groups excluding carboxylic acids is 1. The van der Waals surface area contributed by atoms with Crippen molar-refractivity contribution in [3.8, 4) is 0 Å². The number of rotatable bonds is 3. The number of piperazine rings is 1. The van der Waals surface area contributed by atoms with Crippen LogP contribution >= 0.6 is 11.6 Å². The zero-order chi connectivity index (χ0) is 18.0. The standard InChI is InChI=1S/C18H18ClN3O3/c1-13-3-2-4-14(11-13)18(23)21-9-7-20(8-10-21)16-6-5-15(19)12-17(16)22(24)25/h2-6,11-12H,7-10H2,1H3. The van der Waals surface area contributed by atoms with Gasteiger partial charge in [0.15, 0.2) is 0 Å². The summed E-state index contributed by atoms with van der Waals surface area (Å²) in [6, 6.07) is 12.2. The lowest BCUT2D eigenvalue weighted by Gasteiger charge is -2.35. The van der Waals surface area contributed by atoms with Crippen LogP contribution in [0.15, 0.2) is 42.5 Å². The van der Waals surface area contributed by atoms with Crippen LogP contribution in [0.4, 0.5) is 11.4 Å². The van der Waals surface area contributed by atoms with Crippen LogP contribution in [0.5, 0.6) is 0 Å². The van der Waals surface area contributed by atoms with Gasteiger partial charge in [0.2, 0.25) is 0 Å². The number of carbonyl (C=O) groups is 1. The third kappa shape index (κ3) is 3.74. The molecule has 2 aromatic carbocycles. The Morgan fingerprint density at radius 1 is 1.12 bits per heavy atom. The van der Waals surface area contributed by atoms with E-state index in [1.54, 1.807) is 17.0 Å². The second kappa shape index (κ2) is 7.11. The van der Waals surface area contributed by atoms with Gasteiger partial charge in [0.1, 0.15) is 5.69 Å². The molecule has 0 spiro atoms. The van der Waals surface area contributed by atoms with Gasteiger partial charge in [0.05, 0.1) is 4.92 Å². The van der Waals surface area contributed by atoms with Gasteiger partial charge in [0, 0.05) is 42.8 Å². The molecule has 1 saturated heterocycles. The minimum Gasteiger partial charge on any atom is -0.362 e. The van der Waals surface area contributed by atoms with Gasteiger partial charge < -0.3 is 9.80 Å². The Bertz CT molecular complexity index is 817. The van der Waals surface area contributed by atoms with Crippen molar-refractivity contribution in [3.63, 3.8) is 0 Å². The Morgan fingerprint density at radius 2 is 1.84 bits per heavy atom. The van der Waals surface area contributed by atoms with Gasteiger partial charge in [0.25, 0.3) is 11.6 Å². The summed E-state index contributed by atoms with van der Waals surface area (Å²) in [4.78, 5) is 27.1. The zero-order valence-electron chi connectivity index (χ0n) is 13.8. The van der Waals surface area contributed by atoms with Crippen LogP contribution in [-0.4, -0.2) is 41.9 Å². The van der Waals surface area contributed by atoms with Crippen molar-refractivity contribution < 1.29 is 9.72 Å². The molecule has 130 valence electrons. The SMILES string of the molecule is Cc1cccc(C(=O)N2CCN(c3ccc(Cl)cc3[N+](=O)[O-])CC2)c1. The highest BCUT2D eigenvalue weighted by Gasteiger charge is 2.26. The first-order valence-corrected chi connectivity index (χ1v) is 8.38. The molecular formula is C18H18ClN3O3. The molecular weight excluding hydrogens is 342 g/mol. The van der Waals surface area contributed by atoms with Crippen LogP contribution in [0.1, 0.15) is 15.9 Å². The molecule has 1 fully saturated rings. The van der Waals surface area contributed by atoms with E-state index in [2.05, 4.69) is 0 Å². The molecule has 0 atom stereocenters. The van der Waals surface area contributed by atoms with Crippen LogP contribution in [0.25, 0.3) is 0 Å². The number of amides is 1. The fraction of sp³-hybridized carbons (Fsp3) is 0.278. The molecule has 0 bridgehead atoms. The molecule has 25 heavy (non-hydrogen) atoms. The smallest absolute Gasteiger partial charge is 0.294 e. The molecule has 1 amide bonds. The maximum atomic E-state index is 12.6. The third-order valence-electron chi connectivity index (χ3n) is 4.31. The predicted molar refractivity (Wildman–Crippen MR) is 97.4 cm³/mol. The quantitative estimate of drug-likeness (QED) is 0.621. The molecule has 3 rings (SSSR count). The summed E-state index contributed by atoms with van der Waals surface area (Å²) < 4.78 is 0. The average Bonchev–Trinajstić information content (AvgIpc) is 2.61. The molecule has 0 N–H and O–H groups in total. The van der Waals surface area contributed by atoms with Gasteiger partial charge in [-0.05, 0) is 31.2 Å². The van der Waals surface area contributed by atoms with Crippen molar-refractivity contribution in [2.45, 2.75) is 6.92 Å². The summed E-state index contributed by atoms with van der Waals surface area (Å²) in [6.45, 7) is 4.08. The molecule has 1 aliphatic heterocycles. The lowest BCUT2D eigenvalue weighted by Crippen LogP contribution is -2.49. The molecule has 0 aliphatic carbocycles. The van der Waals surface area contributed by atoms with Crippen LogP contribution in [0.2, 0.25) is 5.02 Å². The molecule has 0 radical (unpaired) electrons. The second-order valence-corrected chi connectivity index (χ2v) is 6.48. The molecule has 0 aromatic heterocycles. The maximum Gasteiger partial charge on any atom is 0.294 e. The summed E-state index contributed by atoms with van der Waals surface area (Å²) in [6.07, 6.45) is 0. The Balaban J connectivity index is 1.72. The monoisotopic (exact) mass is 359 g/mol. The molecule has 0 unspecified atom stereocenters. The van der Waals surface area contributed by atoms with E-state index < -0.39 is 4.92 Å². The largest absolute Gasteiger partial charge is 0.362 e. The van der Waals surface area contributed by atoms with Crippen molar-refractivity contribution in [1.29, 1.82) is 0 Å². The highest BCUT2D eigenvalue weighted by molar-refractivity contribution is 6.30. The van der Waals surface area contributed by atoms with Crippen LogP contribution in [0, 0.1) is 17.0 Å². The lowest BCUT2D eigenvalue weighted by atomic mass is 10.1. The number of nitrogens with zero attached hydrogens (tertiary/aromatic N) is 3. The van der Waals surface area contributed by atoms with Gasteiger partial charge in [-0.1, -0.05) is 29.3 Å². The number of aryl methyl sites for hydroxylation is 1. The van der Waals surface area contributed by atoms with E-state index in [9.17, 15) is 14.9 Å². The number of hydrogen-bond donors (Lipinski definition) is 0. The molecule has 2 aromatic rings. The van der Waals surface area contributed by atoms with E-state index >= 15 is 0 Å². The molecule has 6 nitrogen and oxygen atoms in total. The van der Waals surface area contributed by atoms with Crippen molar-refractivity contribution in [2.24, 2.45) is 0 Å². The van der Waals surface area contributed by atoms with Gasteiger partial charge in [-0.15, -0.1) is 0 Å². The fourth-order valence-electron chi connectivity index (χ4n) is 3.02. The van der Waals surface area contributed by atoms with Crippen molar-refractivity contribution in [1.82, 2.24) is 4.90 Å². The molecule has 1 heterocycles. The third-order valence-corrected chi connectivity index (χ3v) is 4.54. The van der Waals surface area contributed by atoms with Crippen molar-refractivity contribution in [3.05, 3.63) is 68.7 Å². The first-order chi connectivity index (χ1) is 12.0. The van der Waals surface area contributed by atoms with E-state index in [4.69, 9.17) is 11.6 Å². The topological polar surface area (TPSA) is 66.7 Å². The van der Waals surface area contributed by atoms with Crippen LogP contribution < -0.4 is 4.90 Å². The number of halogens is 1. The number of nitro groups is 1. The van der Waals surface area contributed by atoms with E-state index in [-0.39, 0.29) is 11.6 Å².